The third kappa shape index (κ3) is 1.70. The summed E-state index contributed by atoms with van der Waals surface area (Å²) in [6, 6.07) is 5.25. The Kier molecular flexibility index (Phi) is 2.89. The fourth-order valence-corrected chi connectivity index (χ4v) is 2.40. The van der Waals surface area contributed by atoms with E-state index in [1.165, 1.54) is 25.1 Å². The second-order valence-electron chi connectivity index (χ2n) is 4.07. The van der Waals surface area contributed by atoms with Crippen molar-refractivity contribution in [2.75, 3.05) is 13.1 Å². The molecule has 78 valence electrons. The molecule has 1 aromatic heterocycles. The van der Waals surface area contributed by atoms with Crippen molar-refractivity contribution >= 4 is 0 Å². The summed E-state index contributed by atoms with van der Waals surface area (Å²) in [5, 5.41) is 0. The molecule has 0 spiro atoms. The summed E-state index contributed by atoms with van der Waals surface area (Å²) in [4.78, 5) is 5.78. The quantitative estimate of drug-likeness (QED) is 0.764. The van der Waals surface area contributed by atoms with E-state index in [9.17, 15) is 0 Å². The lowest BCUT2D eigenvalue weighted by Crippen LogP contribution is -2.37. The van der Waals surface area contributed by atoms with Crippen LogP contribution in [-0.4, -0.2) is 29.0 Å². The molecule has 2 heterocycles. The van der Waals surface area contributed by atoms with E-state index in [4.69, 9.17) is 5.73 Å². The number of nitrogens with one attached hydrogen (secondary N) is 1. The predicted molar refractivity (Wildman–Crippen MR) is 58.0 cm³/mol. The van der Waals surface area contributed by atoms with Crippen LogP contribution >= 0.6 is 0 Å². The Hall–Kier alpha value is -0.800. The highest BCUT2D eigenvalue weighted by Gasteiger charge is 2.28. The van der Waals surface area contributed by atoms with Gasteiger partial charge in [0.1, 0.15) is 0 Å². The molecule has 0 aliphatic carbocycles. The standard InChI is InChI=1S/C11H19N3/c1-9(11-5-2-6-13-11)14-7-3-4-10(14)8-12/h2,5-6,9-10,13H,3-4,7-8,12H2,1H3/t9-,10+/m0/s1. The van der Waals surface area contributed by atoms with E-state index >= 15 is 0 Å². The lowest BCUT2D eigenvalue weighted by molar-refractivity contribution is 0.194. The van der Waals surface area contributed by atoms with E-state index in [1.54, 1.807) is 0 Å². The van der Waals surface area contributed by atoms with E-state index in [-0.39, 0.29) is 0 Å². The highest BCUT2D eigenvalue weighted by Crippen LogP contribution is 2.27. The van der Waals surface area contributed by atoms with E-state index in [0.717, 1.165) is 6.54 Å². The fraction of sp³-hybridized carbons (Fsp3) is 0.636. The van der Waals surface area contributed by atoms with Crippen LogP contribution in [0.4, 0.5) is 0 Å². The molecule has 1 fully saturated rings. The van der Waals surface area contributed by atoms with Crippen LogP contribution in [0, 0.1) is 0 Å². The number of likely N-dealkylation sites (tertiary alicyclic amines) is 1. The van der Waals surface area contributed by atoms with Crippen LogP contribution in [0.25, 0.3) is 0 Å². The molecule has 3 N–H and O–H groups in total. The Morgan fingerprint density at radius 1 is 1.71 bits per heavy atom. The SMILES string of the molecule is C[C@@H](c1ccc[nH]1)N1CCC[C@@H]1CN. The van der Waals surface area contributed by atoms with E-state index < -0.39 is 0 Å². The van der Waals surface area contributed by atoms with Gasteiger partial charge in [-0.15, -0.1) is 0 Å². The number of hydrogen-bond acceptors (Lipinski definition) is 2. The zero-order valence-corrected chi connectivity index (χ0v) is 8.74. The van der Waals surface area contributed by atoms with Gasteiger partial charge in [0, 0.05) is 30.5 Å². The minimum absolute atomic E-state index is 0.473. The van der Waals surface area contributed by atoms with E-state index in [1.807, 2.05) is 6.20 Å². The van der Waals surface area contributed by atoms with E-state index in [2.05, 4.69) is 28.9 Å². The van der Waals surface area contributed by atoms with Crippen molar-refractivity contribution in [3.63, 3.8) is 0 Å². The molecule has 0 bridgehead atoms. The first-order valence-electron chi connectivity index (χ1n) is 5.42. The van der Waals surface area contributed by atoms with Crippen LogP contribution in [-0.2, 0) is 0 Å². The molecule has 0 saturated carbocycles. The van der Waals surface area contributed by atoms with Gasteiger partial charge in [0.15, 0.2) is 0 Å². The summed E-state index contributed by atoms with van der Waals surface area (Å²) < 4.78 is 0. The molecule has 14 heavy (non-hydrogen) atoms. The van der Waals surface area contributed by atoms with Crippen LogP contribution in [0.15, 0.2) is 18.3 Å². The second-order valence-corrected chi connectivity index (χ2v) is 4.07. The molecule has 0 radical (unpaired) electrons. The Balaban J connectivity index is 2.07. The Morgan fingerprint density at radius 3 is 3.21 bits per heavy atom. The van der Waals surface area contributed by atoms with Crippen LogP contribution < -0.4 is 5.73 Å². The first-order chi connectivity index (χ1) is 6.83. The first-order valence-corrected chi connectivity index (χ1v) is 5.42. The summed E-state index contributed by atoms with van der Waals surface area (Å²) >= 11 is 0. The zero-order chi connectivity index (χ0) is 9.97. The number of aromatic nitrogens is 1. The fourth-order valence-electron chi connectivity index (χ4n) is 2.40. The largest absolute Gasteiger partial charge is 0.364 e. The van der Waals surface area contributed by atoms with Gasteiger partial charge < -0.3 is 10.7 Å². The highest BCUT2D eigenvalue weighted by molar-refractivity contribution is 5.09. The van der Waals surface area contributed by atoms with Gasteiger partial charge in [-0.1, -0.05) is 0 Å². The molecule has 0 amide bonds. The topological polar surface area (TPSA) is 45.0 Å². The normalized spacial score (nSPS) is 25.4. The third-order valence-electron chi connectivity index (χ3n) is 3.26. The van der Waals surface area contributed by atoms with Crippen molar-refractivity contribution in [2.24, 2.45) is 5.73 Å². The van der Waals surface area contributed by atoms with Gasteiger partial charge >= 0.3 is 0 Å². The maximum absolute atomic E-state index is 5.76. The van der Waals surface area contributed by atoms with Gasteiger partial charge in [0.05, 0.1) is 0 Å². The molecule has 2 rings (SSSR count). The molecule has 3 heteroatoms. The number of nitrogens with two attached hydrogens (primary N) is 1. The van der Waals surface area contributed by atoms with Gasteiger partial charge in [-0.05, 0) is 38.4 Å². The summed E-state index contributed by atoms with van der Waals surface area (Å²) in [5.74, 6) is 0. The Labute approximate surface area is 85.3 Å². The van der Waals surface area contributed by atoms with Crippen molar-refractivity contribution in [3.05, 3.63) is 24.0 Å². The third-order valence-corrected chi connectivity index (χ3v) is 3.26. The molecule has 1 aromatic rings. The zero-order valence-electron chi connectivity index (χ0n) is 8.74. The summed E-state index contributed by atoms with van der Waals surface area (Å²) in [7, 11) is 0. The van der Waals surface area contributed by atoms with Crippen LogP contribution in [0.5, 0.6) is 0 Å². The molecule has 0 aromatic carbocycles. The molecule has 1 aliphatic rings. The first kappa shape index (κ1) is 9.74. The average Bonchev–Trinajstić information content (AvgIpc) is 2.87. The lowest BCUT2D eigenvalue weighted by atomic mass is 10.1. The van der Waals surface area contributed by atoms with Gasteiger partial charge in [-0.2, -0.15) is 0 Å². The molecule has 1 aliphatic heterocycles. The summed E-state index contributed by atoms with van der Waals surface area (Å²) in [6.45, 7) is 4.22. The van der Waals surface area contributed by atoms with Crippen molar-refractivity contribution in [1.29, 1.82) is 0 Å². The van der Waals surface area contributed by atoms with Crippen LogP contribution in [0.2, 0.25) is 0 Å². The minimum Gasteiger partial charge on any atom is -0.364 e. The second kappa shape index (κ2) is 4.15. The number of H-pyrrole nitrogens is 1. The number of aromatic amines is 1. The van der Waals surface area contributed by atoms with Crippen LogP contribution in [0.3, 0.4) is 0 Å². The molecule has 0 unspecified atom stereocenters. The van der Waals surface area contributed by atoms with Gasteiger partial charge in [-0.3, -0.25) is 4.90 Å². The maximum atomic E-state index is 5.76. The number of rotatable bonds is 3. The number of hydrogen-bond donors (Lipinski definition) is 2. The predicted octanol–water partition coefficient (Wildman–Crippen LogP) is 1.50. The Morgan fingerprint density at radius 2 is 2.57 bits per heavy atom. The molecule has 2 atom stereocenters. The van der Waals surface area contributed by atoms with E-state index in [0.29, 0.717) is 12.1 Å². The minimum atomic E-state index is 0.473. The highest BCUT2D eigenvalue weighted by atomic mass is 15.2. The van der Waals surface area contributed by atoms with Crippen molar-refractivity contribution in [2.45, 2.75) is 31.8 Å². The summed E-state index contributed by atoms with van der Waals surface area (Å²) in [5.41, 5.74) is 7.06. The van der Waals surface area contributed by atoms with Crippen molar-refractivity contribution in [3.8, 4) is 0 Å². The smallest absolute Gasteiger partial charge is 0.0473 e. The van der Waals surface area contributed by atoms with Gasteiger partial charge in [0.25, 0.3) is 0 Å². The number of nitrogens with zero attached hydrogens (tertiary/aromatic N) is 1. The summed E-state index contributed by atoms with van der Waals surface area (Å²) in [6.07, 6.45) is 4.52. The monoisotopic (exact) mass is 193 g/mol. The Bertz CT molecular complexity index is 268. The molecule has 1 saturated heterocycles. The average molecular weight is 193 g/mol. The molecule has 3 nitrogen and oxygen atoms in total. The van der Waals surface area contributed by atoms with Crippen LogP contribution in [0.1, 0.15) is 31.5 Å². The van der Waals surface area contributed by atoms with Gasteiger partial charge in [-0.25, -0.2) is 0 Å². The molecular weight excluding hydrogens is 174 g/mol. The van der Waals surface area contributed by atoms with Crippen molar-refractivity contribution in [1.82, 2.24) is 9.88 Å². The van der Waals surface area contributed by atoms with Crippen molar-refractivity contribution < 1.29 is 0 Å². The lowest BCUT2D eigenvalue weighted by Gasteiger charge is -2.29. The molecular formula is C11H19N3. The maximum Gasteiger partial charge on any atom is 0.0473 e. The van der Waals surface area contributed by atoms with Gasteiger partial charge in [0.2, 0.25) is 0 Å².